The fraction of sp³-hybridized carbons (Fsp3) is 0.476. The van der Waals surface area contributed by atoms with Gasteiger partial charge in [0, 0.05) is 10.0 Å². The van der Waals surface area contributed by atoms with E-state index < -0.39 is 48.9 Å². The lowest BCUT2D eigenvalue weighted by molar-refractivity contribution is -0.137. The van der Waals surface area contributed by atoms with Gasteiger partial charge in [0.05, 0.1) is 25.0 Å². The molecule has 3 amide bonds. The number of halogens is 1. The molecule has 0 bridgehead atoms. The number of phenols is 1. The Morgan fingerprint density at radius 3 is 2.74 bits per heavy atom. The molecule has 1 aliphatic carbocycles. The molecule has 8 nitrogen and oxygen atoms in total. The highest BCUT2D eigenvalue weighted by molar-refractivity contribution is 9.10. The summed E-state index contributed by atoms with van der Waals surface area (Å²) >= 11 is 3.38. The second-order valence-electron chi connectivity index (χ2n) is 8.15. The first-order valence-electron chi connectivity index (χ1n) is 10.3. The minimum atomic E-state index is -1.26. The number of imide groups is 3. The van der Waals surface area contributed by atoms with Crippen LogP contribution in [-0.4, -0.2) is 47.2 Å². The molecule has 2 saturated heterocycles. The van der Waals surface area contributed by atoms with Crippen molar-refractivity contribution in [1.82, 2.24) is 4.90 Å². The molecule has 4 atom stereocenters. The summed E-state index contributed by atoms with van der Waals surface area (Å²) < 4.78 is 11.3. The van der Waals surface area contributed by atoms with Crippen molar-refractivity contribution in [1.29, 1.82) is 0 Å². The predicted molar refractivity (Wildman–Crippen MR) is 114 cm³/mol. The van der Waals surface area contributed by atoms with Gasteiger partial charge in [-0.25, -0.2) is 4.79 Å². The van der Waals surface area contributed by atoms with Crippen molar-refractivity contribution in [2.45, 2.75) is 38.7 Å². The molecule has 1 aromatic carbocycles. The van der Waals surface area contributed by atoms with Gasteiger partial charge in [-0.05, 0) is 48.9 Å². The van der Waals surface area contributed by atoms with E-state index in [2.05, 4.69) is 20.7 Å². The van der Waals surface area contributed by atoms with Crippen LogP contribution in [-0.2, 0) is 19.0 Å². The standard InChI is InChI=1S/C21H23BBrNO7/c1-3-4-10-7-14-17(20(27)24(19(14)26)21(28)30-2)13-9-16(31-22(29)18(10)13)12-8-11(23)5-6-15(12)25/h5-6,8,13-14,16-17,25,29H,3-4,7,9H2,1-2H3/t13-,14-,16-,17+/m0/s1. The van der Waals surface area contributed by atoms with Crippen molar-refractivity contribution in [3.05, 3.63) is 39.3 Å². The van der Waals surface area contributed by atoms with Crippen LogP contribution in [0.1, 0.15) is 44.3 Å². The van der Waals surface area contributed by atoms with Crippen LogP contribution in [0.4, 0.5) is 4.79 Å². The van der Waals surface area contributed by atoms with Crippen LogP contribution in [0.5, 0.6) is 5.75 Å². The van der Waals surface area contributed by atoms with Gasteiger partial charge in [0.15, 0.2) is 0 Å². The predicted octanol–water partition coefficient (Wildman–Crippen LogP) is 3.12. The number of hydrogen-bond donors (Lipinski definition) is 2. The Kier molecular flexibility index (Phi) is 5.98. The minimum absolute atomic E-state index is 0.0129. The molecule has 1 aromatic rings. The van der Waals surface area contributed by atoms with Gasteiger partial charge in [-0.2, -0.15) is 4.90 Å². The monoisotopic (exact) mass is 491 g/mol. The quantitative estimate of drug-likeness (QED) is 0.493. The number of amides is 3. The maximum absolute atomic E-state index is 13.1. The summed E-state index contributed by atoms with van der Waals surface area (Å²) in [5.74, 6) is -3.09. The Morgan fingerprint density at radius 2 is 2.06 bits per heavy atom. The Labute approximate surface area is 188 Å². The fourth-order valence-electron chi connectivity index (χ4n) is 5.20. The fourth-order valence-corrected chi connectivity index (χ4v) is 5.58. The number of phenolic OH excluding ortho intramolecular Hbond substituents is 1. The van der Waals surface area contributed by atoms with E-state index >= 15 is 0 Å². The lowest BCUT2D eigenvalue weighted by atomic mass is 9.54. The van der Waals surface area contributed by atoms with Gasteiger partial charge in [-0.3, -0.25) is 9.59 Å². The third kappa shape index (κ3) is 3.60. The van der Waals surface area contributed by atoms with E-state index in [1.54, 1.807) is 12.1 Å². The van der Waals surface area contributed by atoms with E-state index in [1.165, 1.54) is 6.07 Å². The molecule has 0 saturated carbocycles. The number of methoxy groups -OCH3 is 1. The summed E-state index contributed by atoms with van der Waals surface area (Å²) in [5.41, 5.74) is 2.00. The molecule has 2 fully saturated rings. The lowest BCUT2D eigenvalue weighted by Crippen LogP contribution is -2.45. The number of hydrogen-bond acceptors (Lipinski definition) is 7. The number of aromatic hydroxyl groups is 1. The lowest BCUT2D eigenvalue weighted by Gasteiger charge is -2.42. The molecule has 2 heterocycles. The Balaban J connectivity index is 1.77. The average Bonchev–Trinajstić information content (AvgIpc) is 2.99. The van der Waals surface area contributed by atoms with E-state index in [0.717, 1.165) is 23.6 Å². The molecule has 31 heavy (non-hydrogen) atoms. The van der Waals surface area contributed by atoms with Crippen LogP contribution < -0.4 is 0 Å². The second-order valence-corrected chi connectivity index (χ2v) is 9.07. The molecule has 2 N–H and O–H groups in total. The Hall–Kier alpha value is -2.17. The maximum atomic E-state index is 13.1. The van der Waals surface area contributed by atoms with Gasteiger partial charge in [0.2, 0.25) is 11.8 Å². The zero-order valence-electron chi connectivity index (χ0n) is 17.2. The van der Waals surface area contributed by atoms with E-state index in [9.17, 15) is 24.5 Å². The van der Waals surface area contributed by atoms with Gasteiger partial charge in [0.25, 0.3) is 0 Å². The zero-order valence-corrected chi connectivity index (χ0v) is 18.8. The van der Waals surface area contributed by atoms with Crippen LogP contribution in [0.25, 0.3) is 0 Å². The van der Waals surface area contributed by atoms with Crippen LogP contribution >= 0.6 is 15.9 Å². The molecule has 0 unspecified atom stereocenters. The maximum Gasteiger partial charge on any atom is 0.487 e. The van der Waals surface area contributed by atoms with Gasteiger partial charge in [0.1, 0.15) is 5.75 Å². The third-order valence-corrected chi connectivity index (χ3v) is 6.95. The van der Waals surface area contributed by atoms with Crippen LogP contribution in [0.3, 0.4) is 0 Å². The Morgan fingerprint density at radius 1 is 1.32 bits per heavy atom. The van der Waals surface area contributed by atoms with Crippen LogP contribution in [0.15, 0.2) is 33.7 Å². The van der Waals surface area contributed by atoms with Gasteiger partial charge >= 0.3 is 13.2 Å². The first-order valence-corrected chi connectivity index (χ1v) is 11.1. The van der Waals surface area contributed by atoms with Crippen molar-refractivity contribution in [2.24, 2.45) is 17.8 Å². The molecule has 0 spiro atoms. The van der Waals surface area contributed by atoms with Crippen molar-refractivity contribution < 1.29 is 33.9 Å². The van der Waals surface area contributed by atoms with Crippen molar-refractivity contribution in [3.63, 3.8) is 0 Å². The van der Waals surface area contributed by atoms with E-state index in [0.29, 0.717) is 35.2 Å². The first kappa shape index (κ1) is 22.0. The summed E-state index contributed by atoms with van der Waals surface area (Å²) in [6.45, 7) is 2.00. The second kappa shape index (κ2) is 8.40. The zero-order chi connectivity index (χ0) is 22.4. The highest BCUT2D eigenvalue weighted by atomic mass is 79.9. The molecule has 2 aliphatic heterocycles. The highest BCUT2D eigenvalue weighted by Gasteiger charge is 2.59. The van der Waals surface area contributed by atoms with Gasteiger partial charge < -0.3 is 19.5 Å². The highest BCUT2D eigenvalue weighted by Crippen LogP contribution is 2.52. The normalized spacial score (nSPS) is 28.0. The number of likely N-dealkylation sites (tertiary alicyclic amines) is 1. The number of ether oxygens (including phenoxy) is 1. The van der Waals surface area contributed by atoms with Crippen molar-refractivity contribution in [3.8, 4) is 5.75 Å². The molecule has 4 rings (SSSR count). The molecule has 10 heteroatoms. The summed E-state index contributed by atoms with van der Waals surface area (Å²) in [4.78, 5) is 38.8. The summed E-state index contributed by atoms with van der Waals surface area (Å²) in [6.07, 6.45) is 0.375. The van der Waals surface area contributed by atoms with Gasteiger partial charge in [-0.1, -0.05) is 34.8 Å². The Bertz CT molecular complexity index is 980. The topological polar surface area (TPSA) is 113 Å². The third-order valence-electron chi connectivity index (χ3n) is 6.46. The van der Waals surface area contributed by atoms with E-state index in [4.69, 9.17) is 4.65 Å². The molecule has 3 aliphatic rings. The summed E-state index contributed by atoms with van der Waals surface area (Å²) in [7, 11) is -0.138. The summed E-state index contributed by atoms with van der Waals surface area (Å²) in [6, 6.07) is 4.92. The smallest absolute Gasteiger partial charge is 0.487 e. The molecule has 0 radical (unpaired) electrons. The molecular weight excluding hydrogens is 469 g/mol. The van der Waals surface area contributed by atoms with Gasteiger partial charge in [-0.15, -0.1) is 0 Å². The number of allylic oxidation sites excluding steroid dienone is 2. The number of benzene rings is 1. The van der Waals surface area contributed by atoms with Crippen molar-refractivity contribution >= 4 is 41.0 Å². The number of carbonyl (C=O) groups is 3. The molecule has 0 aromatic heterocycles. The van der Waals surface area contributed by atoms with Crippen LogP contribution in [0.2, 0.25) is 0 Å². The van der Waals surface area contributed by atoms with Crippen molar-refractivity contribution in [2.75, 3.05) is 7.11 Å². The first-order chi connectivity index (χ1) is 14.8. The minimum Gasteiger partial charge on any atom is -0.508 e. The summed E-state index contributed by atoms with van der Waals surface area (Å²) in [5, 5.41) is 21.3. The molecule has 164 valence electrons. The number of nitrogens with zero attached hydrogens (tertiary/aromatic N) is 1. The van der Waals surface area contributed by atoms with E-state index in [-0.39, 0.29) is 5.75 Å². The largest absolute Gasteiger partial charge is 0.508 e. The number of fused-ring (bicyclic) bond motifs is 3. The van der Waals surface area contributed by atoms with E-state index in [1.807, 2.05) is 6.92 Å². The average molecular weight is 492 g/mol. The number of carbonyl (C=O) groups excluding carboxylic acids is 3. The SMILES string of the molecule is CCCC1=C2B(O)O[C@H](c3cc(Br)ccc3O)C[C@H]2[C@H]2C(=O)N(C(=O)OC)C(=O)[C@H]2C1. The molecular formula is C21H23BBrNO7. The van der Waals surface area contributed by atoms with Crippen LogP contribution in [0, 0.1) is 17.8 Å². The number of rotatable bonds is 3.